The first-order valence-corrected chi connectivity index (χ1v) is 13.3. The molecule has 4 fully saturated rings. The van der Waals surface area contributed by atoms with Crippen molar-refractivity contribution >= 4 is 23.3 Å². The number of carbonyl (C=O) groups is 3. The molecule has 3 heterocycles. The number of nitrogens with two attached hydrogens (primary N) is 1. The largest absolute Gasteiger partial charge is 0.374 e. The number of likely N-dealkylation sites (N-methyl/N-ethyl adjacent to an activating group) is 1. The molecule has 196 valence electrons. The minimum Gasteiger partial charge on any atom is -0.374 e. The molecule has 1 aromatic rings. The number of ketones is 1. The van der Waals surface area contributed by atoms with Crippen molar-refractivity contribution in [2.24, 2.45) is 11.7 Å². The first-order valence-electron chi connectivity index (χ1n) is 13.3. The van der Waals surface area contributed by atoms with Crippen molar-refractivity contribution in [3.8, 4) is 0 Å². The maximum atomic E-state index is 14.4. The van der Waals surface area contributed by atoms with Gasteiger partial charge in [-0.25, -0.2) is 0 Å². The summed E-state index contributed by atoms with van der Waals surface area (Å²) in [6, 6.07) is 5.10. The van der Waals surface area contributed by atoms with E-state index >= 15 is 0 Å². The average Bonchev–Trinajstić information content (AvgIpc) is 3.60. The number of nitrogens with zero attached hydrogens (tertiary/aromatic N) is 3. The van der Waals surface area contributed by atoms with Gasteiger partial charge in [-0.2, -0.15) is 0 Å². The summed E-state index contributed by atoms with van der Waals surface area (Å²) < 4.78 is 11.6. The summed E-state index contributed by atoms with van der Waals surface area (Å²) in [7, 11) is 2.11. The Morgan fingerprint density at radius 1 is 1.17 bits per heavy atom. The number of anilines is 1. The Morgan fingerprint density at radius 2 is 1.89 bits per heavy atom. The predicted molar refractivity (Wildman–Crippen MR) is 135 cm³/mol. The highest BCUT2D eigenvalue weighted by Gasteiger charge is 2.54. The lowest BCUT2D eigenvalue weighted by molar-refractivity contribution is -0.139. The van der Waals surface area contributed by atoms with Crippen LogP contribution in [0.1, 0.15) is 54.4 Å². The van der Waals surface area contributed by atoms with Crippen LogP contribution in [0, 0.1) is 5.92 Å². The van der Waals surface area contributed by atoms with Crippen LogP contribution in [0.15, 0.2) is 18.2 Å². The third kappa shape index (κ3) is 4.64. The number of benzene rings is 1. The van der Waals surface area contributed by atoms with Gasteiger partial charge >= 0.3 is 0 Å². The maximum absolute atomic E-state index is 14.4. The standard InChI is InChI=1S/C27H38N4O5/c1-3-35-22-15-31(24-21(32)16-36-25(22)24)27(34)23(17-6-4-5-7-17)20-14-18(8-9-19(20)26(28)33)30-12-10-29(2)11-13-30/h8-9,14,17,22-25H,3-7,10-13,15-16H2,1-2H3,(H2,28,33)/t22-,23-,24+,25+/m0/s1. The van der Waals surface area contributed by atoms with Gasteiger partial charge in [0, 0.05) is 44.0 Å². The summed E-state index contributed by atoms with van der Waals surface area (Å²) in [5, 5.41) is 0. The molecule has 3 aliphatic heterocycles. The van der Waals surface area contributed by atoms with Gasteiger partial charge in [0.05, 0.1) is 12.5 Å². The van der Waals surface area contributed by atoms with Gasteiger partial charge < -0.3 is 29.9 Å². The molecule has 4 aliphatic rings. The SMILES string of the molecule is CCO[C@H]1CN(C(=O)[C@H](c2cc(N3CCN(C)CC3)ccc2C(N)=O)C2CCCC2)[C@@H]2C(=O)CO[C@H]12. The van der Waals surface area contributed by atoms with Crippen molar-refractivity contribution in [1.82, 2.24) is 9.80 Å². The minimum absolute atomic E-state index is 0.00219. The highest BCUT2D eigenvalue weighted by atomic mass is 16.6. The van der Waals surface area contributed by atoms with E-state index < -0.39 is 24.0 Å². The van der Waals surface area contributed by atoms with E-state index in [2.05, 4.69) is 16.8 Å². The van der Waals surface area contributed by atoms with Gasteiger partial charge in [-0.1, -0.05) is 12.8 Å². The summed E-state index contributed by atoms with van der Waals surface area (Å²) in [5.74, 6) is -1.16. The van der Waals surface area contributed by atoms with Gasteiger partial charge in [-0.05, 0) is 56.5 Å². The smallest absolute Gasteiger partial charge is 0.249 e. The molecule has 0 radical (unpaired) electrons. The van der Waals surface area contributed by atoms with E-state index in [-0.39, 0.29) is 30.3 Å². The number of hydrogen-bond donors (Lipinski definition) is 1. The number of hydrogen-bond acceptors (Lipinski definition) is 7. The number of ether oxygens (including phenoxy) is 2. The van der Waals surface area contributed by atoms with Gasteiger partial charge in [-0.15, -0.1) is 0 Å². The number of primary amides is 1. The van der Waals surface area contributed by atoms with Crippen molar-refractivity contribution < 1.29 is 23.9 Å². The number of carbonyl (C=O) groups excluding carboxylic acids is 3. The molecule has 2 N–H and O–H groups in total. The highest BCUT2D eigenvalue weighted by molar-refractivity contribution is 5.99. The minimum atomic E-state index is -0.629. The fourth-order valence-electron chi connectivity index (χ4n) is 6.55. The van der Waals surface area contributed by atoms with Crippen molar-refractivity contribution in [2.75, 3.05) is 57.9 Å². The molecule has 9 heteroatoms. The molecule has 0 unspecified atom stereocenters. The summed E-state index contributed by atoms with van der Waals surface area (Å²) in [6.07, 6.45) is 3.16. The number of amides is 2. The van der Waals surface area contributed by atoms with Crippen LogP contribution in [0.2, 0.25) is 0 Å². The van der Waals surface area contributed by atoms with Gasteiger partial charge in [0.2, 0.25) is 11.8 Å². The predicted octanol–water partition coefficient (Wildman–Crippen LogP) is 1.39. The van der Waals surface area contributed by atoms with Crippen LogP contribution in [-0.4, -0.2) is 98.6 Å². The summed E-state index contributed by atoms with van der Waals surface area (Å²) >= 11 is 0. The van der Waals surface area contributed by atoms with Crippen molar-refractivity contribution in [3.63, 3.8) is 0 Å². The van der Waals surface area contributed by atoms with E-state index in [1.165, 1.54) is 0 Å². The molecule has 2 amide bonds. The fraction of sp³-hybridized carbons (Fsp3) is 0.667. The quantitative estimate of drug-likeness (QED) is 0.606. The average molecular weight is 499 g/mol. The molecule has 36 heavy (non-hydrogen) atoms. The van der Waals surface area contributed by atoms with Crippen LogP contribution in [0.5, 0.6) is 0 Å². The van der Waals surface area contributed by atoms with E-state index in [1.54, 1.807) is 11.0 Å². The van der Waals surface area contributed by atoms with Crippen LogP contribution < -0.4 is 10.6 Å². The van der Waals surface area contributed by atoms with E-state index in [1.807, 2.05) is 19.1 Å². The fourth-order valence-corrected chi connectivity index (χ4v) is 6.55. The molecule has 1 aliphatic carbocycles. The molecule has 3 saturated heterocycles. The topological polar surface area (TPSA) is 105 Å². The van der Waals surface area contributed by atoms with Gasteiger partial charge in [-0.3, -0.25) is 14.4 Å². The van der Waals surface area contributed by atoms with Crippen molar-refractivity contribution in [1.29, 1.82) is 0 Å². The van der Waals surface area contributed by atoms with Gasteiger partial charge in [0.15, 0.2) is 5.78 Å². The van der Waals surface area contributed by atoms with E-state index in [0.717, 1.165) is 57.5 Å². The molecule has 0 spiro atoms. The number of likely N-dealkylation sites (tertiary alicyclic amines) is 1. The van der Waals surface area contributed by atoms with Crippen molar-refractivity contribution in [2.45, 2.75) is 56.8 Å². The van der Waals surface area contributed by atoms with E-state index in [9.17, 15) is 14.4 Å². The Bertz CT molecular complexity index is 1000. The van der Waals surface area contributed by atoms with Crippen LogP contribution >= 0.6 is 0 Å². The second-order valence-electron chi connectivity index (χ2n) is 10.6. The van der Waals surface area contributed by atoms with Crippen LogP contribution in [-0.2, 0) is 19.1 Å². The molecule has 1 aromatic carbocycles. The second-order valence-corrected chi connectivity index (χ2v) is 10.6. The van der Waals surface area contributed by atoms with E-state index in [4.69, 9.17) is 15.2 Å². The molecular formula is C27H38N4O5. The summed E-state index contributed by atoms with van der Waals surface area (Å²) in [4.78, 5) is 46.0. The van der Waals surface area contributed by atoms with E-state index in [0.29, 0.717) is 24.3 Å². The first kappa shape index (κ1) is 25.2. The van der Waals surface area contributed by atoms with Crippen LogP contribution in [0.3, 0.4) is 0 Å². The third-order valence-corrected chi connectivity index (χ3v) is 8.44. The molecule has 5 rings (SSSR count). The molecule has 0 aromatic heterocycles. The lowest BCUT2D eigenvalue weighted by atomic mass is 9.80. The molecule has 1 saturated carbocycles. The Morgan fingerprint density at radius 3 is 2.56 bits per heavy atom. The second kappa shape index (κ2) is 10.5. The number of Topliss-reactive ketones (excluding diaryl/α,β-unsaturated/α-hetero) is 1. The Balaban J connectivity index is 1.53. The van der Waals surface area contributed by atoms with Crippen LogP contribution in [0.25, 0.3) is 0 Å². The van der Waals surface area contributed by atoms with Gasteiger partial charge in [0.1, 0.15) is 24.9 Å². The zero-order valence-electron chi connectivity index (χ0n) is 21.4. The molecule has 4 atom stereocenters. The molecule has 9 nitrogen and oxygen atoms in total. The monoisotopic (exact) mass is 498 g/mol. The lowest BCUT2D eigenvalue weighted by Gasteiger charge is -2.35. The number of piperazine rings is 1. The Labute approximate surface area is 212 Å². The number of fused-ring (bicyclic) bond motifs is 1. The Kier molecular flexibility index (Phi) is 7.32. The maximum Gasteiger partial charge on any atom is 0.249 e. The highest BCUT2D eigenvalue weighted by Crippen LogP contribution is 2.43. The molecule has 0 bridgehead atoms. The Hall–Kier alpha value is -2.49. The summed E-state index contributed by atoms with van der Waals surface area (Å²) in [6.45, 7) is 6.38. The molecular weight excluding hydrogens is 460 g/mol. The normalized spacial score (nSPS) is 28.1. The van der Waals surface area contributed by atoms with Crippen LogP contribution in [0.4, 0.5) is 5.69 Å². The first-order chi connectivity index (χ1) is 17.4. The lowest BCUT2D eigenvalue weighted by Crippen LogP contribution is -2.46. The zero-order valence-corrected chi connectivity index (χ0v) is 21.4. The zero-order chi connectivity index (χ0) is 25.4. The van der Waals surface area contributed by atoms with Gasteiger partial charge in [0.25, 0.3) is 0 Å². The third-order valence-electron chi connectivity index (χ3n) is 8.44. The number of rotatable bonds is 7. The summed E-state index contributed by atoms with van der Waals surface area (Å²) in [5.41, 5.74) is 7.93. The van der Waals surface area contributed by atoms with Crippen molar-refractivity contribution in [3.05, 3.63) is 29.3 Å².